The maximum atomic E-state index is 12.7. The van der Waals surface area contributed by atoms with Gasteiger partial charge in [-0.15, -0.1) is 0 Å². The van der Waals surface area contributed by atoms with E-state index in [2.05, 4.69) is 12.2 Å². The van der Waals surface area contributed by atoms with E-state index < -0.39 is 10.0 Å². The lowest BCUT2D eigenvalue weighted by Gasteiger charge is -2.29. The van der Waals surface area contributed by atoms with Crippen molar-refractivity contribution < 1.29 is 13.2 Å². The number of carbonyl (C=O) groups excluding carboxylic acids is 1. The molecule has 0 saturated carbocycles. The van der Waals surface area contributed by atoms with Crippen LogP contribution in [0.25, 0.3) is 0 Å². The van der Waals surface area contributed by atoms with Crippen LogP contribution in [0.15, 0.2) is 53.4 Å². The lowest BCUT2D eigenvalue weighted by Crippen LogP contribution is -2.37. The molecule has 3 rings (SSSR count). The summed E-state index contributed by atoms with van der Waals surface area (Å²) in [5.74, 6) is 0.309. The van der Waals surface area contributed by atoms with E-state index in [-0.39, 0.29) is 10.8 Å². The van der Waals surface area contributed by atoms with Gasteiger partial charge in [0.25, 0.3) is 5.91 Å². The highest BCUT2D eigenvalue weighted by Crippen LogP contribution is 2.24. The van der Waals surface area contributed by atoms with E-state index in [9.17, 15) is 13.2 Å². The van der Waals surface area contributed by atoms with Gasteiger partial charge in [0.2, 0.25) is 10.0 Å². The SMILES string of the molecule is Cc1ccccc1NC(=O)c1ccc(S(=O)(=O)N2CCC(C)CC2)cc1. The minimum absolute atomic E-state index is 0.236. The third kappa shape index (κ3) is 3.97. The third-order valence-electron chi connectivity index (χ3n) is 4.89. The van der Waals surface area contributed by atoms with Crippen molar-refractivity contribution in [3.05, 3.63) is 59.7 Å². The summed E-state index contributed by atoms with van der Waals surface area (Å²) in [4.78, 5) is 12.6. The number of benzene rings is 2. The lowest BCUT2D eigenvalue weighted by molar-refractivity contribution is 0.102. The van der Waals surface area contributed by atoms with Crippen molar-refractivity contribution >= 4 is 21.6 Å². The van der Waals surface area contributed by atoms with Crippen molar-refractivity contribution in [2.75, 3.05) is 18.4 Å². The van der Waals surface area contributed by atoms with Crippen molar-refractivity contribution in [3.8, 4) is 0 Å². The Morgan fingerprint density at radius 1 is 1.04 bits per heavy atom. The molecule has 1 saturated heterocycles. The number of sulfonamides is 1. The summed E-state index contributed by atoms with van der Waals surface area (Å²) >= 11 is 0. The van der Waals surface area contributed by atoms with Crippen LogP contribution in [0.2, 0.25) is 0 Å². The number of hydrogen-bond acceptors (Lipinski definition) is 3. The number of hydrogen-bond donors (Lipinski definition) is 1. The molecule has 26 heavy (non-hydrogen) atoms. The lowest BCUT2D eigenvalue weighted by atomic mass is 10.0. The average Bonchev–Trinajstić information content (AvgIpc) is 2.64. The summed E-state index contributed by atoms with van der Waals surface area (Å²) in [5, 5.41) is 2.85. The van der Waals surface area contributed by atoms with Crippen LogP contribution in [0, 0.1) is 12.8 Å². The molecule has 2 aromatic rings. The fourth-order valence-corrected chi connectivity index (χ4v) is 4.53. The van der Waals surface area contributed by atoms with Gasteiger partial charge in [0.15, 0.2) is 0 Å². The predicted octanol–water partition coefficient (Wildman–Crippen LogP) is 3.67. The molecular weight excluding hydrogens is 348 g/mol. The molecule has 0 unspecified atom stereocenters. The average molecular weight is 372 g/mol. The third-order valence-corrected chi connectivity index (χ3v) is 6.80. The van der Waals surface area contributed by atoms with Crippen molar-refractivity contribution in [2.24, 2.45) is 5.92 Å². The van der Waals surface area contributed by atoms with E-state index in [1.807, 2.05) is 31.2 Å². The zero-order valence-electron chi connectivity index (χ0n) is 15.1. The summed E-state index contributed by atoms with van der Waals surface area (Å²) in [6.07, 6.45) is 1.77. The van der Waals surface area contributed by atoms with Crippen molar-refractivity contribution in [1.29, 1.82) is 0 Å². The number of carbonyl (C=O) groups is 1. The number of anilines is 1. The normalized spacial score (nSPS) is 16.4. The van der Waals surface area contributed by atoms with Crippen LogP contribution in [-0.4, -0.2) is 31.7 Å². The molecule has 0 atom stereocenters. The number of amides is 1. The molecular formula is C20H24N2O3S. The minimum atomic E-state index is -3.49. The fourth-order valence-electron chi connectivity index (χ4n) is 3.06. The molecule has 1 fully saturated rings. The van der Waals surface area contributed by atoms with Gasteiger partial charge < -0.3 is 5.32 Å². The molecule has 1 heterocycles. The van der Waals surface area contributed by atoms with Gasteiger partial charge in [-0.05, 0) is 61.6 Å². The Morgan fingerprint density at radius 2 is 1.65 bits per heavy atom. The quantitative estimate of drug-likeness (QED) is 0.890. The van der Waals surface area contributed by atoms with Crippen LogP contribution in [-0.2, 0) is 10.0 Å². The van der Waals surface area contributed by atoms with E-state index in [4.69, 9.17) is 0 Å². The minimum Gasteiger partial charge on any atom is -0.322 e. The first kappa shape index (κ1) is 18.6. The molecule has 1 aliphatic heterocycles. The number of nitrogens with one attached hydrogen (secondary N) is 1. The van der Waals surface area contributed by atoms with Crippen LogP contribution in [0.4, 0.5) is 5.69 Å². The Balaban J connectivity index is 1.74. The molecule has 6 heteroatoms. The topological polar surface area (TPSA) is 66.5 Å². The van der Waals surface area contributed by atoms with Gasteiger partial charge in [0.05, 0.1) is 4.90 Å². The Bertz CT molecular complexity index is 884. The second-order valence-electron chi connectivity index (χ2n) is 6.88. The molecule has 138 valence electrons. The second-order valence-corrected chi connectivity index (χ2v) is 8.82. The monoisotopic (exact) mass is 372 g/mol. The molecule has 1 aliphatic rings. The highest BCUT2D eigenvalue weighted by Gasteiger charge is 2.28. The zero-order chi connectivity index (χ0) is 18.7. The summed E-state index contributed by atoms with van der Waals surface area (Å²) in [6.45, 7) is 5.18. The smallest absolute Gasteiger partial charge is 0.255 e. The second kappa shape index (κ2) is 7.60. The number of piperidine rings is 1. The molecule has 0 aliphatic carbocycles. The molecule has 0 radical (unpaired) electrons. The van der Waals surface area contributed by atoms with Gasteiger partial charge in [0.1, 0.15) is 0 Å². The first-order chi connectivity index (χ1) is 12.4. The number of aryl methyl sites for hydroxylation is 1. The summed E-state index contributed by atoms with van der Waals surface area (Å²) < 4.78 is 27.0. The van der Waals surface area contributed by atoms with E-state index in [1.165, 1.54) is 16.4 Å². The highest BCUT2D eigenvalue weighted by atomic mass is 32.2. The van der Waals surface area contributed by atoms with E-state index in [0.29, 0.717) is 24.6 Å². The predicted molar refractivity (Wildman–Crippen MR) is 103 cm³/mol. The van der Waals surface area contributed by atoms with Gasteiger partial charge in [-0.2, -0.15) is 4.31 Å². The van der Waals surface area contributed by atoms with Gasteiger partial charge in [0, 0.05) is 24.3 Å². The summed E-state index contributed by atoms with van der Waals surface area (Å²) in [7, 11) is -3.49. The Hall–Kier alpha value is -2.18. The van der Waals surface area contributed by atoms with Crippen LogP contribution in [0.5, 0.6) is 0 Å². The highest BCUT2D eigenvalue weighted by molar-refractivity contribution is 7.89. The number of rotatable bonds is 4. The van der Waals surface area contributed by atoms with Gasteiger partial charge in [-0.1, -0.05) is 25.1 Å². The van der Waals surface area contributed by atoms with Crippen LogP contribution >= 0.6 is 0 Å². The molecule has 1 N–H and O–H groups in total. The Kier molecular flexibility index (Phi) is 5.44. The van der Waals surface area contributed by atoms with Crippen LogP contribution in [0.3, 0.4) is 0 Å². The molecule has 5 nitrogen and oxygen atoms in total. The first-order valence-electron chi connectivity index (χ1n) is 8.85. The molecule has 1 amide bonds. The standard InChI is InChI=1S/C20H24N2O3S/c1-15-11-13-22(14-12-15)26(24,25)18-9-7-17(8-10-18)20(23)21-19-6-4-3-5-16(19)2/h3-10,15H,11-14H2,1-2H3,(H,21,23). The van der Waals surface area contributed by atoms with Crippen molar-refractivity contribution in [3.63, 3.8) is 0 Å². The molecule has 0 bridgehead atoms. The van der Waals surface area contributed by atoms with Gasteiger partial charge in [-0.25, -0.2) is 8.42 Å². The maximum Gasteiger partial charge on any atom is 0.255 e. The fraction of sp³-hybridized carbons (Fsp3) is 0.350. The van der Waals surface area contributed by atoms with Crippen LogP contribution in [0.1, 0.15) is 35.7 Å². The summed E-state index contributed by atoms with van der Waals surface area (Å²) in [6, 6.07) is 13.7. The van der Waals surface area contributed by atoms with Gasteiger partial charge in [-0.3, -0.25) is 4.79 Å². The number of nitrogens with zero attached hydrogens (tertiary/aromatic N) is 1. The first-order valence-corrected chi connectivity index (χ1v) is 10.3. The number of para-hydroxylation sites is 1. The summed E-state index contributed by atoms with van der Waals surface area (Å²) in [5.41, 5.74) is 2.15. The maximum absolute atomic E-state index is 12.7. The molecule has 2 aromatic carbocycles. The van der Waals surface area contributed by atoms with Gasteiger partial charge >= 0.3 is 0 Å². The molecule has 0 aromatic heterocycles. The van der Waals surface area contributed by atoms with Crippen molar-refractivity contribution in [1.82, 2.24) is 4.31 Å². The largest absolute Gasteiger partial charge is 0.322 e. The van der Waals surface area contributed by atoms with Crippen molar-refractivity contribution in [2.45, 2.75) is 31.6 Å². The van der Waals surface area contributed by atoms with E-state index in [1.54, 1.807) is 12.1 Å². The Morgan fingerprint density at radius 3 is 2.27 bits per heavy atom. The van der Waals surface area contributed by atoms with E-state index in [0.717, 1.165) is 24.1 Å². The Labute approximate surface area is 155 Å². The zero-order valence-corrected chi connectivity index (χ0v) is 15.9. The van der Waals surface area contributed by atoms with Crippen LogP contribution < -0.4 is 5.32 Å². The van der Waals surface area contributed by atoms with E-state index >= 15 is 0 Å². The molecule has 0 spiro atoms.